The normalized spacial score (nSPS) is 11.8. The number of hydrogen-bond acceptors (Lipinski definition) is 3. The van der Waals surface area contributed by atoms with Gasteiger partial charge >= 0.3 is 0 Å². The molecule has 0 fully saturated rings. The molecule has 0 bridgehead atoms. The first-order valence-electron chi connectivity index (χ1n) is 2.73. The van der Waals surface area contributed by atoms with Gasteiger partial charge in [0.05, 0.1) is 12.4 Å². The van der Waals surface area contributed by atoms with Gasteiger partial charge in [-0.25, -0.2) is 8.42 Å². The van der Waals surface area contributed by atoms with E-state index in [1.807, 2.05) is 4.89 Å². The second kappa shape index (κ2) is 3.81. The Labute approximate surface area is 55.2 Å². The Bertz CT molecular complexity index is 151. The molecule has 0 aromatic rings. The fourth-order valence-corrected chi connectivity index (χ4v) is 0.623. The molecular formula is C4H11NO3S. The minimum absolute atomic E-state index is 0.0486. The lowest BCUT2D eigenvalue weighted by Crippen LogP contribution is -2.25. The molecule has 0 amide bonds. The van der Waals surface area contributed by atoms with E-state index in [9.17, 15) is 8.42 Å². The zero-order valence-electron chi connectivity index (χ0n) is 5.55. The van der Waals surface area contributed by atoms with Gasteiger partial charge in [0, 0.05) is 0 Å². The number of sulfonamides is 1. The van der Waals surface area contributed by atoms with Crippen LogP contribution in [0.15, 0.2) is 0 Å². The van der Waals surface area contributed by atoms with Crippen molar-refractivity contribution in [3.63, 3.8) is 0 Å². The molecule has 0 heterocycles. The molecule has 0 radical (unpaired) electrons. The molecule has 0 aromatic heterocycles. The molecule has 5 heteroatoms. The Balaban J connectivity index is 3.61. The second-order valence-corrected chi connectivity index (χ2v) is 3.39. The molecule has 0 saturated carbocycles. The third-order valence-electron chi connectivity index (χ3n) is 0.710. The van der Waals surface area contributed by atoms with Crippen molar-refractivity contribution in [1.82, 2.24) is 4.89 Å². The third-order valence-corrected chi connectivity index (χ3v) is 1.84. The maximum atomic E-state index is 10.5. The van der Waals surface area contributed by atoms with Crippen LogP contribution in [-0.4, -0.2) is 20.8 Å². The van der Waals surface area contributed by atoms with Crippen molar-refractivity contribution < 1.29 is 13.3 Å². The molecule has 0 aromatic carbocycles. The Morgan fingerprint density at radius 2 is 2.00 bits per heavy atom. The summed E-state index contributed by atoms with van der Waals surface area (Å²) in [5, 5.41) is 0. The number of nitrogens with one attached hydrogen (secondary N) is 1. The van der Waals surface area contributed by atoms with Crippen molar-refractivity contribution in [2.24, 2.45) is 0 Å². The van der Waals surface area contributed by atoms with Crippen molar-refractivity contribution in [2.45, 2.75) is 13.8 Å². The number of rotatable bonds is 4. The Morgan fingerprint density at radius 1 is 1.44 bits per heavy atom. The molecule has 9 heavy (non-hydrogen) atoms. The van der Waals surface area contributed by atoms with Gasteiger partial charge in [-0.1, -0.05) is 4.89 Å². The predicted octanol–water partition coefficient (Wildman–Crippen LogP) is -0.123. The molecule has 0 aliphatic heterocycles. The van der Waals surface area contributed by atoms with E-state index in [0.717, 1.165) is 0 Å². The summed E-state index contributed by atoms with van der Waals surface area (Å²) >= 11 is 0. The summed E-state index contributed by atoms with van der Waals surface area (Å²) in [6.45, 7) is 3.60. The van der Waals surface area contributed by atoms with E-state index >= 15 is 0 Å². The van der Waals surface area contributed by atoms with E-state index in [-0.39, 0.29) is 5.75 Å². The van der Waals surface area contributed by atoms with Crippen LogP contribution >= 0.6 is 0 Å². The maximum Gasteiger partial charge on any atom is 0.233 e. The van der Waals surface area contributed by atoms with Gasteiger partial charge in [0.1, 0.15) is 0 Å². The van der Waals surface area contributed by atoms with Crippen LogP contribution in [-0.2, 0) is 14.9 Å². The van der Waals surface area contributed by atoms with Gasteiger partial charge in [-0.2, -0.15) is 0 Å². The second-order valence-electron chi connectivity index (χ2n) is 1.42. The average Bonchev–Trinajstić information content (AvgIpc) is 1.84. The molecule has 0 atom stereocenters. The van der Waals surface area contributed by atoms with Gasteiger partial charge in [0.25, 0.3) is 0 Å². The van der Waals surface area contributed by atoms with Crippen LogP contribution in [0.2, 0.25) is 0 Å². The molecule has 0 unspecified atom stereocenters. The highest BCUT2D eigenvalue weighted by Crippen LogP contribution is 1.80. The van der Waals surface area contributed by atoms with E-state index in [2.05, 4.69) is 4.84 Å². The van der Waals surface area contributed by atoms with Gasteiger partial charge in [-0.05, 0) is 13.8 Å². The summed E-state index contributed by atoms with van der Waals surface area (Å²) in [5.74, 6) is 0.0486. The number of hydrogen-bond donors (Lipinski definition) is 1. The highest BCUT2D eigenvalue weighted by Gasteiger charge is 2.03. The van der Waals surface area contributed by atoms with Gasteiger partial charge in [-0.15, -0.1) is 0 Å². The van der Waals surface area contributed by atoms with Crippen LogP contribution in [0.25, 0.3) is 0 Å². The standard InChI is InChI=1S/C4H11NO3S/c1-3-8-5-9(6,7)4-2/h5H,3-4H2,1-2H3. The first-order chi connectivity index (χ1) is 4.12. The molecular weight excluding hydrogens is 142 g/mol. The monoisotopic (exact) mass is 153 g/mol. The zero-order valence-corrected chi connectivity index (χ0v) is 6.36. The molecule has 56 valence electrons. The van der Waals surface area contributed by atoms with Crippen molar-refractivity contribution in [3.8, 4) is 0 Å². The van der Waals surface area contributed by atoms with E-state index in [4.69, 9.17) is 0 Å². The van der Waals surface area contributed by atoms with Crippen molar-refractivity contribution in [1.29, 1.82) is 0 Å². The molecule has 0 aliphatic rings. The molecule has 0 rings (SSSR count). The summed E-state index contributed by atoms with van der Waals surface area (Å²) in [6.07, 6.45) is 0. The van der Waals surface area contributed by atoms with Crippen LogP contribution < -0.4 is 4.89 Å². The van der Waals surface area contributed by atoms with E-state index in [1.54, 1.807) is 13.8 Å². The first kappa shape index (κ1) is 8.87. The van der Waals surface area contributed by atoms with Crippen LogP contribution in [0.4, 0.5) is 0 Å². The van der Waals surface area contributed by atoms with E-state index in [1.165, 1.54) is 0 Å². The van der Waals surface area contributed by atoms with Crippen LogP contribution in [0, 0.1) is 0 Å². The molecule has 1 N–H and O–H groups in total. The summed E-state index contributed by atoms with van der Waals surface area (Å²) in [6, 6.07) is 0. The smallest absolute Gasteiger partial charge is 0.233 e. The summed E-state index contributed by atoms with van der Waals surface area (Å²) in [4.78, 5) is 6.38. The van der Waals surface area contributed by atoms with E-state index in [0.29, 0.717) is 6.61 Å². The zero-order chi connectivity index (χ0) is 7.33. The van der Waals surface area contributed by atoms with Crippen molar-refractivity contribution >= 4 is 10.0 Å². The van der Waals surface area contributed by atoms with Gasteiger partial charge in [0.15, 0.2) is 0 Å². The Hall–Kier alpha value is -0.130. The maximum absolute atomic E-state index is 10.5. The lowest BCUT2D eigenvalue weighted by Gasteiger charge is -2.00. The van der Waals surface area contributed by atoms with Gasteiger partial charge < -0.3 is 0 Å². The SMILES string of the molecule is CCONS(=O)(=O)CC. The summed E-state index contributed by atoms with van der Waals surface area (Å²) in [7, 11) is -3.15. The highest BCUT2D eigenvalue weighted by atomic mass is 32.2. The largest absolute Gasteiger partial charge is 0.287 e. The lowest BCUT2D eigenvalue weighted by atomic mass is 10.9. The average molecular weight is 153 g/mol. The van der Waals surface area contributed by atoms with Crippen LogP contribution in [0.3, 0.4) is 0 Å². The highest BCUT2D eigenvalue weighted by molar-refractivity contribution is 7.89. The van der Waals surface area contributed by atoms with Crippen LogP contribution in [0.5, 0.6) is 0 Å². The Kier molecular flexibility index (Phi) is 3.76. The van der Waals surface area contributed by atoms with Gasteiger partial charge in [0.2, 0.25) is 10.0 Å². The summed E-state index contributed by atoms with van der Waals surface area (Å²) < 4.78 is 21.0. The summed E-state index contributed by atoms with van der Waals surface area (Å²) in [5.41, 5.74) is 0. The minimum Gasteiger partial charge on any atom is -0.287 e. The minimum atomic E-state index is -3.15. The topological polar surface area (TPSA) is 55.4 Å². The molecule has 0 aliphatic carbocycles. The van der Waals surface area contributed by atoms with Gasteiger partial charge in [-0.3, -0.25) is 4.84 Å². The fourth-order valence-electron chi connectivity index (χ4n) is 0.208. The molecule has 0 saturated heterocycles. The molecule has 4 nitrogen and oxygen atoms in total. The lowest BCUT2D eigenvalue weighted by molar-refractivity contribution is 0.105. The fraction of sp³-hybridized carbons (Fsp3) is 1.00. The quantitative estimate of drug-likeness (QED) is 0.573. The first-order valence-corrected chi connectivity index (χ1v) is 4.39. The Morgan fingerprint density at radius 3 is 2.33 bits per heavy atom. The predicted molar refractivity (Wildman–Crippen MR) is 34.2 cm³/mol. The third kappa shape index (κ3) is 4.38. The van der Waals surface area contributed by atoms with Crippen LogP contribution in [0.1, 0.15) is 13.8 Å². The van der Waals surface area contributed by atoms with Crippen molar-refractivity contribution in [2.75, 3.05) is 12.4 Å². The molecule has 0 spiro atoms. The van der Waals surface area contributed by atoms with Crippen molar-refractivity contribution in [3.05, 3.63) is 0 Å². The van der Waals surface area contributed by atoms with E-state index < -0.39 is 10.0 Å².